The monoisotopic (exact) mass is 277 g/mol. The Kier molecular flexibility index (Phi) is 4.27. The topological polar surface area (TPSA) is 28.2 Å². The molecule has 4 heteroatoms. The van der Waals surface area contributed by atoms with Gasteiger partial charge in [0.2, 0.25) is 0 Å². The van der Waals surface area contributed by atoms with Gasteiger partial charge >= 0.3 is 0 Å². The lowest BCUT2D eigenvalue weighted by molar-refractivity contribution is 0.585. The van der Waals surface area contributed by atoms with Gasteiger partial charge in [0.1, 0.15) is 5.82 Å². The Labute approximate surface area is 120 Å². The van der Waals surface area contributed by atoms with Gasteiger partial charge in [-0.25, -0.2) is 4.98 Å². The van der Waals surface area contributed by atoms with Crippen LogP contribution in [0.4, 0.5) is 5.82 Å². The molecule has 2 aromatic rings. The molecule has 0 atom stereocenters. The maximum atomic E-state index is 4.86. The number of rotatable bonds is 1. The van der Waals surface area contributed by atoms with Crippen molar-refractivity contribution < 1.29 is 0 Å². The van der Waals surface area contributed by atoms with Crippen LogP contribution in [0.2, 0.25) is 0 Å². The quantitative estimate of drug-likeness (QED) is 0.869. The molecule has 0 amide bonds. The molecule has 0 saturated carbocycles. The Hall–Kier alpha value is -1.32. The Morgan fingerprint density at radius 1 is 1.11 bits per heavy atom. The fraction of sp³-hybridized carbons (Fsp3) is 0.400. The summed E-state index contributed by atoms with van der Waals surface area (Å²) in [4.78, 5) is 7.23. The van der Waals surface area contributed by atoms with Crippen LogP contribution in [-0.2, 0) is 0 Å². The number of aromatic nitrogens is 1. The number of fused-ring (bicyclic) bond motifs is 1. The molecule has 3 rings (SSSR count). The van der Waals surface area contributed by atoms with E-state index in [-0.39, 0.29) is 12.4 Å². The third kappa shape index (κ3) is 2.67. The zero-order valence-electron chi connectivity index (χ0n) is 11.4. The number of hydrogen-bond acceptors (Lipinski definition) is 3. The van der Waals surface area contributed by atoms with Crippen LogP contribution in [0, 0.1) is 13.8 Å². The van der Waals surface area contributed by atoms with Crippen LogP contribution in [0.5, 0.6) is 0 Å². The van der Waals surface area contributed by atoms with Gasteiger partial charge in [-0.05, 0) is 31.0 Å². The Bertz CT molecular complexity index is 577. The second-order valence-corrected chi connectivity index (χ2v) is 5.01. The number of piperazine rings is 1. The van der Waals surface area contributed by atoms with E-state index in [4.69, 9.17) is 4.98 Å². The average Bonchev–Trinajstić information content (AvgIpc) is 2.41. The summed E-state index contributed by atoms with van der Waals surface area (Å²) in [5.74, 6) is 1.12. The smallest absolute Gasteiger partial charge is 0.129 e. The lowest BCUT2D eigenvalue weighted by Crippen LogP contribution is -2.43. The molecule has 1 aromatic heterocycles. The molecule has 1 fully saturated rings. The van der Waals surface area contributed by atoms with Crippen LogP contribution >= 0.6 is 12.4 Å². The van der Waals surface area contributed by atoms with Crippen molar-refractivity contribution in [2.75, 3.05) is 31.1 Å². The van der Waals surface area contributed by atoms with Crippen molar-refractivity contribution in [1.29, 1.82) is 0 Å². The minimum atomic E-state index is 0. The minimum Gasteiger partial charge on any atom is -0.354 e. The summed E-state index contributed by atoms with van der Waals surface area (Å²) in [6, 6.07) is 8.62. The molecule has 1 aliphatic heterocycles. The number of benzene rings is 1. The molecule has 1 aromatic carbocycles. The van der Waals surface area contributed by atoms with Crippen molar-refractivity contribution in [3.05, 3.63) is 35.4 Å². The summed E-state index contributed by atoms with van der Waals surface area (Å²) >= 11 is 0. The molecule has 0 bridgehead atoms. The standard InChI is InChI=1S/C15H19N3.ClH/c1-11-4-3-5-13-12(2)10-14(17-15(11)13)18-8-6-16-7-9-18;/h3-5,10,16H,6-9H2,1-2H3;1H. The van der Waals surface area contributed by atoms with Crippen molar-refractivity contribution in [1.82, 2.24) is 10.3 Å². The number of halogens is 1. The third-order valence-electron chi connectivity index (χ3n) is 3.68. The van der Waals surface area contributed by atoms with E-state index in [0.29, 0.717) is 0 Å². The van der Waals surface area contributed by atoms with Gasteiger partial charge in [0.25, 0.3) is 0 Å². The molecular weight excluding hydrogens is 258 g/mol. The normalized spacial score (nSPS) is 15.4. The Morgan fingerprint density at radius 3 is 2.58 bits per heavy atom. The molecule has 1 aliphatic rings. The highest BCUT2D eigenvalue weighted by atomic mass is 35.5. The first kappa shape index (κ1) is 14.1. The van der Waals surface area contributed by atoms with E-state index in [1.165, 1.54) is 16.5 Å². The number of nitrogens with zero attached hydrogens (tertiary/aromatic N) is 2. The molecule has 0 spiro atoms. The van der Waals surface area contributed by atoms with Crippen LogP contribution in [0.25, 0.3) is 10.9 Å². The van der Waals surface area contributed by atoms with E-state index in [1.807, 2.05) is 0 Å². The fourth-order valence-corrected chi connectivity index (χ4v) is 2.60. The summed E-state index contributed by atoms with van der Waals surface area (Å²) in [6.07, 6.45) is 0. The van der Waals surface area contributed by atoms with Crippen LogP contribution in [-0.4, -0.2) is 31.2 Å². The second-order valence-electron chi connectivity index (χ2n) is 5.01. The van der Waals surface area contributed by atoms with Crippen LogP contribution in [0.1, 0.15) is 11.1 Å². The van der Waals surface area contributed by atoms with Gasteiger partial charge in [0.15, 0.2) is 0 Å². The third-order valence-corrected chi connectivity index (χ3v) is 3.68. The molecule has 102 valence electrons. The Morgan fingerprint density at radius 2 is 1.84 bits per heavy atom. The molecule has 1 saturated heterocycles. The maximum absolute atomic E-state index is 4.86. The molecule has 1 N–H and O–H groups in total. The van der Waals surface area contributed by atoms with Crippen molar-refractivity contribution >= 4 is 29.1 Å². The molecular formula is C15H20ClN3. The van der Waals surface area contributed by atoms with Crippen molar-refractivity contribution in [2.24, 2.45) is 0 Å². The zero-order chi connectivity index (χ0) is 12.5. The van der Waals surface area contributed by atoms with Gasteiger partial charge in [0.05, 0.1) is 5.52 Å². The number of para-hydroxylation sites is 1. The molecule has 0 aliphatic carbocycles. The number of pyridine rings is 1. The molecule has 0 unspecified atom stereocenters. The largest absolute Gasteiger partial charge is 0.354 e. The van der Waals surface area contributed by atoms with E-state index in [9.17, 15) is 0 Å². The average molecular weight is 278 g/mol. The molecule has 3 nitrogen and oxygen atoms in total. The van der Waals surface area contributed by atoms with E-state index < -0.39 is 0 Å². The number of nitrogens with one attached hydrogen (secondary N) is 1. The van der Waals surface area contributed by atoms with E-state index in [2.05, 4.69) is 48.3 Å². The molecule has 19 heavy (non-hydrogen) atoms. The van der Waals surface area contributed by atoms with E-state index >= 15 is 0 Å². The van der Waals surface area contributed by atoms with Crippen molar-refractivity contribution in [3.8, 4) is 0 Å². The zero-order valence-corrected chi connectivity index (χ0v) is 12.3. The summed E-state index contributed by atoms with van der Waals surface area (Å²) in [7, 11) is 0. The van der Waals surface area contributed by atoms with E-state index in [1.54, 1.807) is 0 Å². The summed E-state index contributed by atoms with van der Waals surface area (Å²) in [6.45, 7) is 8.50. The van der Waals surface area contributed by atoms with Crippen LogP contribution in [0.3, 0.4) is 0 Å². The first-order chi connectivity index (χ1) is 8.75. The van der Waals surface area contributed by atoms with Crippen molar-refractivity contribution in [2.45, 2.75) is 13.8 Å². The lowest BCUT2D eigenvalue weighted by atomic mass is 10.1. The van der Waals surface area contributed by atoms with Gasteiger partial charge in [0, 0.05) is 31.6 Å². The van der Waals surface area contributed by atoms with Crippen molar-refractivity contribution in [3.63, 3.8) is 0 Å². The van der Waals surface area contributed by atoms with Gasteiger partial charge in [-0.2, -0.15) is 0 Å². The molecule has 2 heterocycles. The summed E-state index contributed by atoms with van der Waals surface area (Å²) in [5, 5.41) is 4.65. The predicted molar refractivity (Wildman–Crippen MR) is 83.5 cm³/mol. The first-order valence-electron chi connectivity index (χ1n) is 6.58. The second kappa shape index (κ2) is 5.76. The SMILES string of the molecule is Cc1cc(N2CCNCC2)nc2c(C)cccc12.Cl. The minimum absolute atomic E-state index is 0. The summed E-state index contributed by atoms with van der Waals surface area (Å²) in [5.41, 5.74) is 3.72. The highest BCUT2D eigenvalue weighted by molar-refractivity contribution is 5.86. The molecule has 0 radical (unpaired) electrons. The fourth-order valence-electron chi connectivity index (χ4n) is 2.60. The predicted octanol–water partition coefficient (Wildman–Crippen LogP) is 2.68. The first-order valence-corrected chi connectivity index (χ1v) is 6.58. The lowest BCUT2D eigenvalue weighted by Gasteiger charge is -2.29. The number of hydrogen-bond donors (Lipinski definition) is 1. The summed E-state index contributed by atoms with van der Waals surface area (Å²) < 4.78 is 0. The highest BCUT2D eigenvalue weighted by Crippen LogP contribution is 2.24. The van der Waals surface area contributed by atoms with Gasteiger partial charge in [-0.1, -0.05) is 18.2 Å². The number of aryl methyl sites for hydroxylation is 2. The highest BCUT2D eigenvalue weighted by Gasteiger charge is 2.13. The van der Waals surface area contributed by atoms with Gasteiger partial charge in [-0.3, -0.25) is 0 Å². The van der Waals surface area contributed by atoms with E-state index in [0.717, 1.165) is 37.5 Å². The Balaban J connectivity index is 0.00000133. The van der Waals surface area contributed by atoms with Gasteiger partial charge < -0.3 is 10.2 Å². The van der Waals surface area contributed by atoms with Crippen LogP contribution in [0.15, 0.2) is 24.3 Å². The maximum Gasteiger partial charge on any atom is 0.129 e. The van der Waals surface area contributed by atoms with Gasteiger partial charge in [-0.15, -0.1) is 12.4 Å². The van der Waals surface area contributed by atoms with Crippen LogP contribution < -0.4 is 10.2 Å². The number of anilines is 1.